The lowest BCUT2D eigenvalue weighted by atomic mass is 10.1. The summed E-state index contributed by atoms with van der Waals surface area (Å²) in [5.74, 6) is -3.13. The van der Waals surface area contributed by atoms with Gasteiger partial charge >= 0.3 is 0 Å². The van der Waals surface area contributed by atoms with Crippen LogP contribution in [0.25, 0.3) is 0 Å². The minimum absolute atomic E-state index is 0.269. The van der Waals surface area contributed by atoms with Crippen molar-refractivity contribution < 1.29 is 26.5 Å². The van der Waals surface area contributed by atoms with Crippen molar-refractivity contribution in [3.8, 4) is 0 Å². The normalized spacial score (nSPS) is 11.4. The molecule has 1 aromatic rings. The van der Waals surface area contributed by atoms with Gasteiger partial charge in [0.2, 0.25) is 0 Å². The van der Waals surface area contributed by atoms with Crippen LogP contribution in [-0.4, -0.2) is 19.3 Å². The third kappa shape index (κ3) is 2.37. The fourth-order valence-corrected chi connectivity index (χ4v) is 1.57. The monoisotopic (exact) mass is 236 g/mol. The number of benzene rings is 1. The lowest BCUT2D eigenvalue weighted by Crippen LogP contribution is -2.06. The van der Waals surface area contributed by atoms with Crippen LogP contribution in [0, 0.1) is 11.6 Å². The number of carbonyl (C=O) groups is 1. The second-order valence-electron chi connectivity index (χ2n) is 2.70. The molecular formula is C8H6F2O4S. The van der Waals surface area contributed by atoms with Gasteiger partial charge in [-0.3, -0.25) is 4.55 Å². The van der Waals surface area contributed by atoms with Gasteiger partial charge in [-0.2, -0.15) is 8.42 Å². The summed E-state index contributed by atoms with van der Waals surface area (Å²) in [6, 6.07) is 1.63. The van der Waals surface area contributed by atoms with E-state index in [1.54, 1.807) is 0 Å². The molecule has 0 bridgehead atoms. The van der Waals surface area contributed by atoms with Gasteiger partial charge in [-0.1, -0.05) is 6.07 Å². The Kier molecular flexibility index (Phi) is 3.15. The summed E-state index contributed by atoms with van der Waals surface area (Å²) < 4.78 is 55.7. The Morgan fingerprint density at radius 1 is 1.27 bits per heavy atom. The highest BCUT2D eigenvalue weighted by atomic mass is 32.2. The van der Waals surface area contributed by atoms with E-state index in [0.717, 1.165) is 6.07 Å². The maximum Gasteiger partial charge on any atom is 0.297 e. The molecule has 0 spiro atoms. The first kappa shape index (κ1) is 11.7. The molecule has 0 fully saturated rings. The maximum atomic E-state index is 13.1. The highest BCUT2D eigenvalue weighted by molar-refractivity contribution is 7.85. The van der Waals surface area contributed by atoms with Crippen LogP contribution in [0.5, 0.6) is 0 Å². The van der Waals surface area contributed by atoms with Crippen LogP contribution in [0.15, 0.2) is 17.0 Å². The summed E-state index contributed by atoms with van der Waals surface area (Å²) >= 11 is 0. The number of halogens is 2. The second kappa shape index (κ2) is 4.03. The van der Waals surface area contributed by atoms with Crippen LogP contribution >= 0.6 is 0 Å². The van der Waals surface area contributed by atoms with E-state index in [1.807, 2.05) is 0 Å². The van der Waals surface area contributed by atoms with E-state index in [-0.39, 0.29) is 12.0 Å². The van der Waals surface area contributed by atoms with Crippen molar-refractivity contribution in [2.45, 2.75) is 11.3 Å². The van der Waals surface area contributed by atoms with Gasteiger partial charge in [0, 0.05) is 6.42 Å². The lowest BCUT2D eigenvalue weighted by molar-refractivity contribution is -0.107. The molecule has 0 saturated carbocycles. The van der Waals surface area contributed by atoms with Crippen molar-refractivity contribution >= 4 is 16.4 Å². The summed E-state index contributed by atoms with van der Waals surface area (Å²) in [5, 5.41) is 0. The topological polar surface area (TPSA) is 71.4 Å². The first-order valence-electron chi connectivity index (χ1n) is 3.76. The zero-order chi connectivity index (χ0) is 11.6. The minimum atomic E-state index is -4.79. The number of rotatable bonds is 3. The first-order chi connectivity index (χ1) is 6.88. The summed E-state index contributed by atoms with van der Waals surface area (Å²) in [6.07, 6.45) is -0.0144. The third-order valence-electron chi connectivity index (χ3n) is 1.71. The molecule has 1 aromatic carbocycles. The zero-order valence-corrected chi connectivity index (χ0v) is 8.09. The SMILES string of the molecule is O=CCc1ccc(S(=O)(=O)O)c(F)c1F. The van der Waals surface area contributed by atoms with Crippen LogP contribution in [0.3, 0.4) is 0 Å². The van der Waals surface area contributed by atoms with Crippen LogP contribution in [-0.2, 0) is 21.3 Å². The molecule has 0 unspecified atom stereocenters. The van der Waals surface area contributed by atoms with Crippen LogP contribution < -0.4 is 0 Å². The fraction of sp³-hybridized carbons (Fsp3) is 0.125. The third-order valence-corrected chi connectivity index (χ3v) is 2.58. The Morgan fingerprint density at radius 3 is 2.33 bits per heavy atom. The van der Waals surface area contributed by atoms with Crippen LogP contribution in [0.2, 0.25) is 0 Å². The second-order valence-corrected chi connectivity index (χ2v) is 4.09. The van der Waals surface area contributed by atoms with Crippen molar-refractivity contribution in [1.29, 1.82) is 0 Å². The van der Waals surface area contributed by atoms with Gasteiger partial charge in [-0.25, -0.2) is 8.78 Å². The average molecular weight is 236 g/mol. The molecule has 4 nitrogen and oxygen atoms in total. The fourth-order valence-electron chi connectivity index (χ4n) is 1.02. The Labute approximate surface area is 84.3 Å². The molecule has 0 radical (unpaired) electrons. The zero-order valence-electron chi connectivity index (χ0n) is 7.28. The van der Waals surface area contributed by atoms with Crippen molar-refractivity contribution in [3.63, 3.8) is 0 Å². The van der Waals surface area contributed by atoms with Gasteiger partial charge in [0.25, 0.3) is 10.1 Å². The molecule has 1 N–H and O–H groups in total. The quantitative estimate of drug-likeness (QED) is 0.626. The molecule has 0 aliphatic carbocycles. The van der Waals surface area contributed by atoms with Gasteiger partial charge in [-0.05, 0) is 11.6 Å². The first-order valence-corrected chi connectivity index (χ1v) is 5.20. The summed E-state index contributed by atoms with van der Waals surface area (Å²) in [5.41, 5.74) is -0.269. The summed E-state index contributed by atoms with van der Waals surface area (Å²) in [4.78, 5) is 8.92. The Hall–Kier alpha value is -1.34. The standard InChI is InChI=1S/C8H6F2O4S/c9-7-5(3-4-11)1-2-6(8(7)10)15(12,13)14/h1-2,4H,3H2,(H,12,13,14). The van der Waals surface area contributed by atoms with Crippen LogP contribution in [0.4, 0.5) is 8.78 Å². The molecule has 0 amide bonds. The van der Waals surface area contributed by atoms with Gasteiger partial charge in [0.1, 0.15) is 11.2 Å². The summed E-state index contributed by atoms with van der Waals surface area (Å²) in [7, 11) is -4.79. The van der Waals surface area contributed by atoms with E-state index in [4.69, 9.17) is 4.55 Å². The largest absolute Gasteiger partial charge is 0.303 e. The molecule has 0 aliphatic rings. The van der Waals surface area contributed by atoms with E-state index in [0.29, 0.717) is 12.4 Å². The number of carbonyl (C=O) groups excluding carboxylic acids is 1. The van der Waals surface area contributed by atoms with E-state index in [9.17, 15) is 22.0 Å². The molecule has 1 rings (SSSR count). The Balaban J connectivity index is 3.40. The molecule has 15 heavy (non-hydrogen) atoms. The predicted molar refractivity (Wildman–Crippen MR) is 45.9 cm³/mol. The number of hydrogen-bond donors (Lipinski definition) is 1. The maximum absolute atomic E-state index is 13.1. The van der Waals surface area contributed by atoms with E-state index < -0.39 is 26.6 Å². The molecule has 0 saturated heterocycles. The van der Waals surface area contributed by atoms with Gasteiger partial charge in [0.05, 0.1) is 0 Å². The van der Waals surface area contributed by atoms with Crippen molar-refractivity contribution in [2.24, 2.45) is 0 Å². The average Bonchev–Trinajstić information content (AvgIpc) is 2.11. The van der Waals surface area contributed by atoms with Crippen molar-refractivity contribution in [1.82, 2.24) is 0 Å². The summed E-state index contributed by atoms with van der Waals surface area (Å²) in [6.45, 7) is 0. The molecule has 0 aliphatic heterocycles. The number of aldehydes is 1. The highest BCUT2D eigenvalue weighted by Crippen LogP contribution is 2.20. The molecule has 0 aromatic heterocycles. The molecular weight excluding hydrogens is 230 g/mol. The molecule has 7 heteroatoms. The number of hydrogen-bond acceptors (Lipinski definition) is 3. The van der Waals surface area contributed by atoms with E-state index >= 15 is 0 Å². The molecule has 0 atom stereocenters. The van der Waals surface area contributed by atoms with E-state index in [2.05, 4.69) is 0 Å². The predicted octanol–water partition coefficient (Wildman–Crippen LogP) is 0.953. The Morgan fingerprint density at radius 2 is 1.87 bits per heavy atom. The van der Waals surface area contributed by atoms with Gasteiger partial charge < -0.3 is 4.79 Å². The van der Waals surface area contributed by atoms with Crippen molar-refractivity contribution in [2.75, 3.05) is 0 Å². The lowest BCUT2D eigenvalue weighted by Gasteiger charge is -2.03. The van der Waals surface area contributed by atoms with E-state index in [1.165, 1.54) is 0 Å². The highest BCUT2D eigenvalue weighted by Gasteiger charge is 2.21. The Bertz CT molecular complexity index is 496. The van der Waals surface area contributed by atoms with Gasteiger partial charge in [-0.15, -0.1) is 0 Å². The smallest absolute Gasteiger partial charge is 0.297 e. The molecule has 0 heterocycles. The van der Waals surface area contributed by atoms with Crippen molar-refractivity contribution in [3.05, 3.63) is 29.3 Å². The van der Waals surface area contributed by atoms with Crippen LogP contribution in [0.1, 0.15) is 5.56 Å². The minimum Gasteiger partial charge on any atom is -0.303 e. The molecule has 82 valence electrons. The van der Waals surface area contributed by atoms with Gasteiger partial charge in [0.15, 0.2) is 11.6 Å².